The van der Waals surface area contributed by atoms with E-state index in [9.17, 15) is 9.18 Å². The Morgan fingerprint density at radius 3 is 2.48 bits per heavy atom. The molecule has 0 bridgehead atoms. The molecule has 0 fully saturated rings. The second-order valence-corrected chi connectivity index (χ2v) is 4.75. The number of nitrogens with two attached hydrogens (primary N) is 2. The summed E-state index contributed by atoms with van der Waals surface area (Å²) in [5.41, 5.74) is 13.0. The molecule has 1 aromatic heterocycles. The third-order valence-corrected chi connectivity index (χ3v) is 3.02. The lowest BCUT2D eigenvalue weighted by Gasteiger charge is -2.12. The van der Waals surface area contributed by atoms with Crippen LogP contribution in [0, 0.1) is 5.82 Å². The number of carbonyl (C=O) groups excluding carboxylic acids is 1. The molecule has 5 nitrogen and oxygen atoms in total. The summed E-state index contributed by atoms with van der Waals surface area (Å²) in [5.74, 6) is -0.151. The topological polar surface area (TPSA) is 94.0 Å². The minimum absolute atomic E-state index is 0.267. The standard InChI is InChI=1S/C15H17FN4O/c16-12-4-1-10(2-5-12)7-13(17)15(21)20-9-11-3-6-14(18)19-8-11/h1-6,8,13H,7,9,17H2,(H2,18,19)(H,20,21)/t13-/m0/s1. The number of nitrogens with zero attached hydrogens (tertiary/aromatic N) is 1. The van der Waals surface area contributed by atoms with Crippen molar-refractivity contribution >= 4 is 11.7 Å². The summed E-state index contributed by atoms with van der Waals surface area (Å²) in [6.07, 6.45) is 1.95. The molecule has 0 aliphatic carbocycles. The van der Waals surface area contributed by atoms with E-state index in [1.54, 1.807) is 30.5 Å². The van der Waals surface area contributed by atoms with Crippen LogP contribution in [-0.4, -0.2) is 16.9 Å². The quantitative estimate of drug-likeness (QED) is 0.764. The molecule has 1 amide bonds. The van der Waals surface area contributed by atoms with E-state index in [1.165, 1.54) is 12.1 Å². The number of hydrogen-bond donors (Lipinski definition) is 3. The molecule has 0 aliphatic heterocycles. The minimum Gasteiger partial charge on any atom is -0.384 e. The Bertz CT molecular complexity index is 598. The van der Waals surface area contributed by atoms with Gasteiger partial charge in [-0.3, -0.25) is 4.79 Å². The van der Waals surface area contributed by atoms with E-state index >= 15 is 0 Å². The van der Waals surface area contributed by atoms with Gasteiger partial charge in [-0.2, -0.15) is 0 Å². The van der Waals surface area contributed by atoms with Gasteiger partial charge in [-0.25, -0.2) is 9.37 Å². The highest BCUT2D eigenvalue weighted by Crippen LogP contribution is 2.05. The largest absolute Gasteiger partial charge is 0.384 e. The van der Waals surface area contributed by atoms with Gasteiger partial charge in [-0.05, 0) is 35.7 Å². The van der Waals surface area contributed by atoms with Crippen molar-refractivity contribution < 1.29 is 9.18 Å². The van der Waals surface area contributed by atoms with Gasteiger partial charge in [-0.15, -0.1) is 0 Å². The summed E-state index contributed by atoms with van der Waals surface area (Å²) in [4.78, 5) is 15.8. The van der Waals surface area contributed by atoms with Crippen molar-refractivity contribution in [3.63, 3.8) is 0 Å². The Balaban J connectivity index is 1.84. The van der Waals surface area contributed by atoms with Crippen LogP contribution in [0.5, 0.6) is 0 Å². The number of carbonyl (C=O) groups is 1. The number of hydrogen-bond acceptors (Lipinski definition) is 4. The second-order valence-electron chi connectivity index (χ2n) is 4.75. The Hall–Kier alpha value is -2.47. The van der Waals surface area contributed by atoms with Gasteiger partial charge in [0.1, 0.15) is 11.6 Å². The van der Waals surface area contributed by atoms with E-state index in [0.717, 1.165) is 11.1 Å². The van der Waals surface area contributed by atoms with Crippen molar-refractivity contribution in [2.24, 2.45) is 5.73 Å². The van der Waals surface area contributed by atoms with Gasteiger partial charge in [0.25, 0.3) is 0 Å². The molecule has 0 aliphatic rings. The van der Waals surface area contributed by atoms with E-state index in [2.05, 4.69) is 10.3 Å². The van der Waals surface area contributed by atoms with Crippen LogP contribution >= 0.6 is 0 Å². The molecule has 0 saturated carbocycles. The first-order valence-corrected chi connectivity index (χ1v) is 6.53. The molecule has 5 N–H and O–H groups in total. The summed E-state index contributed by atoms with van der Waals surface area (Å²) in [6.45, 7) is 0.337. The Morgan fingerprint density at radius 1 is 1.19 bits per heavy atom. The molecule has 0 unspecified atom stereocenters. The normalized spacial score (nSPS) is 11.9. The van der Waals surface area contributed by atoms with Gasteiger partial charge in [0, 0.05) is 12.7 Å². The average molecular weight is 288 g/mol. The van der Waals surface area contributed by atoms with Crippen molar-refractivity contribution in [2.45, 2.75) is 19.0 Å². The molecular weight excluding hydrogens is 271 g/mol. The van der Waals surface area contributed by atoms with Crippen LogP contribution in [-0.2, 0) is 17.8 Å². The van der Waals surface area contributed by atoms with Gasteiger partial charge in [0.15, 0.2) is 0 Å². The summed E-state index contributed by atoms with van der Waals surface area (Å²) in [6, 6.07) is 8.70. The van der Waals surface area contributed by atoms with E-state index in [4.69, 9.17) is 11.5 Å². The monoisotopic (exact) mass is 288 g/mol. The molecule has 1 aromatic carbocycles. The Kier molecular flexibility index (Phi) is 4.84. The highest BCUT2D eigenvalue weighted by Gasteiger charge is 2.13. The zero-order chi connectivity index (χ0) is 15.2. The molecule has 1 atom stereocenters. The first-order chi connectivity index (χ1) is 10.0. The van der Waals surface area contributed by atoms with Gasteiger partial charge < -0.3 is 16.8 Å². The number of rotatable bonds is 5. The maximum atomic E-state index is 12.8. The third kappa shape index (κ3) is 4.54. The zero-order valence-electron chi connectivity index (χ0n) is 11.4. The molecule has 2 aromatic rings. The Labute approximate surface area is 122 Å². The number of benzene rings is 1. The number of amides is 1. The third-order valence-electron chi connectivity index (χ3n) is 3.02. The predicted molar refractivity (Wildman–Crippen MR) is 78.6 cm³/mol. The smallest absolute Gasteiger partial charge is 0.237 e. The van der Waals surface area contributed by atoms with E-state index in [-0.39, 0.29) is 11.7 Å². The molecule has 0 radical (unpaired) electrons. The number of anilines is 1. The lowest BCUT2D eigenvalue weighted by atomic mass is 10.1. The number of halogens is 1. The fourth-order valence-corrected chi connectivity index (χ4v) is 1.83. The van der Waals surface area contributed by atoms with Crippen molar-refractivity contribution in [1.29, 1.82) is 0 Å². The van der Waals surface area contributed by atoms with Crippen molar-refractivity contribution in [3.05, 3.63) is 59.5 Å². The first-order valence-electron chi connectivity index (χ1n) is 6.53. The fourth-order valence-electron chi connectivity index (χ4n) is 1.83. The maximum absolute atomic E-state index is 12.8. The van der Waals surface area contributed by atoms with Crippen molar-refractivity contribution in [1.82, 2.24) is 10.3 Å². The molecular formula is C15H17FN4O. The lowest BCUT2D eigenvalue weighted by Crippen LogP contribution is -2.41. The van der Waals surface area contributed by atoms with Crippen LogP contribution in [0.1, 0.15) is 11.1 Å². The second kappa shape index (κ2) is 6.81. The van der Waals surface area contributed by atoms with Gasteiger partial charge in [0.2, 0.25) is 5.91 Å². The van der Waals surface area contributed by atoms with Crippen LogP contribution in [0.4, 0.5) is 10.2 Å². The number of aromatic nitrogens is 1. The van der Waals surface area contributed by atoms with E-state index in [0.29, 0.717) is 18.8 Å². The van der Waals surface area contributed by atoms with Crippen LogP contribution in [0.25, 0.3) is 0 Å². The number of nitrogen functional groups attached to an aromatic ring is 1. The molecule has 1 heterocycles. The predicted octanol–water partition coefficient (Wildman–Crippen LogP) is 0.989. The molecule has 0 saturated heterocycles. The van der Waals surface area contributed by atoms with Gasteiger partial charge in [-0.1, -0.05) is 18.2 Å². The molecule has 0 spiro atoms. The molecule has 2 rings (SSSR count). The van der Waals surface area contributed by atoms with Crippen LogP contribution in [0.2, 0.25) is 0 Å². The summed E-state index contributed by atoms with van der Waals surface area (Å²) in [5, 5.41) is 2.73. The molecule has 21 heavy (non-hydrogen) atoms. The van der Waals surface area contributed by atoms with Crippen LogP contribution in [0.3, 0.4) is 0 Å². The average Bonchev–Trinajstić information content (AvgIpc) is 2.48. The van der Waals surface area contributed by atoms with Crippen LogP contribution in [0.15, 0.2) is 42.6 Å². The van der Waals surface area contributed by atoms with Crippen LogP contribution < -0.4 is 16.8 Å². The summed E-state index contributed by atoms with van der Waals surface area (Å²) in [7, 11) is 0. The number of pyridine rings is 1. The van der Waals surface area contributed by atoms with Crippen molar-refractivity contribution in [3.8, 4) is 0 Å². The van der Waals surface area contributed by atoms with Crippen molar-refractivity contribution in [2.75, 3.05) is 5.73 Å². The maximum Gasteiger partial charge on any atom is 0.237 e. The molecule has 6 heteroatoms. The molecule has 110 valence electrons. The minimum atomic E-state index is -0.683. The lowest BCUT2D eigenvalue weighted by molar-refractivity contribution is -0.122. The van der Waals surface area contributed by atoms with Gasteiger partial charge in [0.05, 0.1) is 6.04 Å². The Morgan fingerprint density at radius 2 is 1.86 bits per heavy atom. The number of nitrogens with one attached hydrogen (secondary N) is 1. The summed E-state index contributed by atoms with van der Waals surface area (Å²) < 4.78 is 12.8. The zero-order valence-corrected chi connectivity index (χ0v) is 11.4. The highest BCUT2D eigenvalue weighted by molar-refractivity contribution is 5.81. The van der Waals surface area contributed by atoms with E-state index < -0.39 is 6.04 Å². The first kappa shape index (κ1) is 14.9. The highest BCUT2D eigenvalue weighted by atomic mass is 19.1. The fraction of sp³-hybridized carbons (Fsp3) is 0.200. The van der Waals surface area contributed by atoms with E-state index in [1.807, 2.05) is 0 Å². The summed E-state index contributed by atoms with van der Waals surface area (Å²) >= 11 is 0. The SMILES string of the molecule is Nc1ccc(CNC(=O)[C@@H](N)Cc2ccc(F)cc2)cn1. The van der Waals surface area contributed by atoms with Gasteiger partial charge >= 0.3 is 0 Å².